The van der Waals surface area contributed by atoms with E-state index < -0.39 is 0 Å². The van der Waals surface area contributed by atoms with Gasteiger partial charge in [-0.05, 0) is 35.1 Å². The highest BCUT2D eigenvalue weighted by Gasteiger charge is 2.32. The van der Waals surface area contributed by atoms with Crippen molar-refractivity contribution in [3.8, 4) is 11.1 Å². The molecule has 0 heterocycles. The fourth-order valence-electron chi connectivity index (χ4n) is 4.34. The summed E-state index contributed by atoms with van der Waals surface area (Å²) in [5, 5.41) is 0. The van der Waals surface area contributed by atoms with Gasteiger partial charge in [-0.25, -0.2) is 0 Å². The maximum atomic E-state index is 13.1. The summed E-state index contributed by atoms with van der Waals surface area (Å²) in [7, 11) is 0. The summed E-state index contributed by atoms with van der Waals surface area (Å²) in [6.07, 6.45) is 8.92. The lowest BCUT2D eigenvalue weighted by Gasteiger charge is -2.17. The van der Waals surface area contributed by atoms with E-state index in [9.17, 15) is 4.79 Å². The summed E-state index contributed by atoms with van der Waals surface area (Å²) in [6.45, 7) is 5.78. The highest BCUT2D eigenvalue weighted by atomic mass is 16.5. The zero-order chi connectivity index (χ0) is 19.8. The van der Waals surface area contributed by atoms with Crippen LogP contribution in [0.4, 0.5) is 0 Å². The van der Waals surface area contributed by atoms with Crippen LogP contribution in [0.3, 0.4) is 0 Å². The predicted molar refractivity (Wildman–Crippen MR) is 117 cm³/mol. The Kier molecular flexibility index (Phi) is 7.85. The van der Waals surface area contributed by atoms with Gasteiger partial charge in [0.05, 0.1) is 6.61 Å². The van der Waals surface area contributed by atoms with Gasteiger partial charge < -0.3 is 4.74 Å². The second-order valence-electron chi connectivity index (χ2n) is 7.92. The largest absolute Gasteiger partial charge is 0.380 e. The van der Waals surface area contributed by atoms with Crippen molar-refractivity contribution >= 4 is 5.78 Å². The van der Waals surface area contributed by atoms with Crippen LogP contribution < -0.4 is 0 Å². The van der Waals surface area contributed by atoms with E-state index in [-0.39, 0.29) is 5.92 Å². The summed E-state index contributed by atoms with van der Waals surface area (Å²) in [4.78, 5) is 13.1. The van der Waals surface area contributed by atoms with Gasteiger partial charge in [0.1, 0.15) is 0 Å². The molecule has 0 saturated carbocycles. The van der Waals surface area contributed by atoms with Crippen molar-refractivity contribution in [3.63, 3.8) is 0 Å². The SMILES string of the molecule is CCCCCCCCC(=O)c1cccc2c1C(COCCC)c1ccccc1-2. The molecule has 0 radical (unpaired) electrons. The minimum atomic E-state index is 0.169. The topological polar surface area (TPSA) is 26.3 Å². The Morgan fingerprint density at radius 1 is 0.857 bits per heavy atom. The first-order chi connectivity index (χ1) is 13.8. The quantitative estimate of drug-likeness (QED) is 0.289. The molecule has 0 saturated heterocycles. The smallest absolute Gasteiger partial charge is 0.163 e. The van der Waals surface area contributed by atoms with Gasteiger partial charge in [-0.1, -0.05) is 88.4 Å². The van der Waals surface area contributed by atoms with Gasteiger partial charge in [-0.3, -0.25) is 4.79 Å². The first kappa shape index (κ1) is 20.8. The number of unbranched alkanes of at least 4 members (excludes halogenated alkanes) is 5. The molecule has 28 heavy (non-hydrogen) atoms. The van der Waals surface area contributed by atoms with Gasteiger partial charge >= 0.3 is 0 Å². The third-order valence-corrected chi connectivity index (χ3v) is 5.77. The molecule has 2 aromatic rings. The number of carbonyl (C=O) groups is 1. The number of rotatable bonds is 12. The van der Waals surface area contributed by atoms with Gasteiger partial charge in [0.25, 0.3) is 0 Å². The normalized spacial score (nSPS) is 14.7. The fourth-order valence-corrected chi connectivity index (χ4v) is 4.34. The van der Waals surface area contributed by atoms with Crippen molar-refractivity contribution < 1.29 is 9.53 Å². The monoisotopic (exact) mass is 378 g/mol. The van der Waals surface area contributed by atoms with Crippen LogP contribution in [0, 0.1) is 0 Å². The molecule has 1 unspecified atom stereocenters. The molecular formula is C26H34O2. The van der Waals surface area contributed by atoms with Gasteiger partial charge in [0, 0.05) is 24.5 Å². The summed E-state index contributed by atoms with van der Waals surface area (Å²) >= 11 is 0. The molecule has 2 heteroatoms. The van der Waals surface area contributed by atoms with Gasteiger partial charge in [-0.15, -0.1) is 0 Å². The van der Waals surface area contributed by atoms with Crippen molar-refractivity contribution in [2.45, 2.75) is 71.1 Å². The first-order valence-electron chi connectivity index (χ1n) is 11.1. The maximum Gasteiger partial charge on any atom is 0.163 e. The minimum Gasteiger partial charge on any atom is -0.380 e. The predicted octanol–water partition coefficient (Wildman–Crippen LogP) is 7.16. The molecule has 1 atom stereocenters. The fraction of sp³-hybridized carbons (Fsp3) is 0.500. The molecule has 0 N–H and O–H groups in total. The van der Waals surface area contributed by atoms with Crippen LogP contribution >= 0.6 is 0 Å². The van der Waals surface area contributed by atoms with Crippen molar-refractivity contribution in [2.75, 3.05) is 13.2 Å². The molecule has 1 aliphatic rings. The highest BCUT2D eigenvalue weighted by Crippen LogP contribution is 2.46. The van der Waals surface area contributed by atoms with Crippen LogP contribution in [0.2, 0.25) is 0 Å². The first-order valence-corrected chi connectivity index (χ1v) is 11.1. The number of benzene rings is 2. The lowest BCUT2D eigenvalue weighted by molar-refractivity contribution is 0.0976. The minimum absolute atomic E-state index is 0.169. The molecule has 150 valence electrons. The average Bonchev–Trinajstić information content (AvgIpc) is 3.05. The molecule has 0 amide bonds. The standard InChI is InChI=1S/C26H34O2/c1-3-5-6-7-8-9-17-25(27)23-16-12-15-22-20-13-10-11-14-21(20)24(26(22)23)19-28-18-4-2/h10-16,24H,3-9,17-19H2,1-2H3. The molecule has 2 aromatic carbocycles. The number of Topliss-reactive ketones (excluding diaryl/α,β-unsaturated/α-hetero) is 1. The van der Waals surface area contributed by atoms with E-state index in [1.54, 1.807) is 0 Å². The van der Waals surface area contributed by atoms with Crippen molar-refractivity contribution in [2.24, 2.45) is 0 Å². The van der Waals surface area contributed by atoms with Crippen molar-refractivity contribution in [1.82, 2.24) is 0 Å². The summed E-state index contributed by atoms with van der Waals surface area (Å²) < 4.78 is 5.94. The number of fused-ring (bicyclic) bond motifs is 3. The van der Waals surface area contributed by atoms with Crippen LogP contribution in [0.15, 0.2) is 42.5 Å². The van der Waals surface area contributed by atoms with Crippen LogP contribution in [-0.4, -0.2) is 19.0 Å². The van der Waals surface area contributed by atoms with E-state index in [0.29, 0.717) is 18.8 Å². The zero-order valence-corrected chi connectivity index (χ0v) is 17.5. The molecule has 0 aliphatic heterocycles. The third-order valence-electron chi connectivity index (χ3n) is 5.77. The van der Waals surface area contributed by atoms with E-state index in [1.165, 1.54) is 47.9 Å². The Morgan fingerprint density at radius 2 is 1.61 bits per heavy atom. The summed E-state index contributed by atoms with van der Waals surface area (Å²) in [5.74, 6) is 0.461. The van der Waals surface area contributed by atoms with E-state index in [1.807, 2.05) is 12.1 Å². The summed E-state index contributed by atoms with van der Waals surface area (Å²) in [5.41, 5.74) is 5.88. The molecule has 0 aromatic heterocycles. The zero-order valence-electron chi connectivity index (χ0n) is 17.5. The molecule has 1 aliphatic carbocycles. The lowest BCUT2D eigenvalue weighted by atomic mass is 9.90. The number of hydrogen-bond donors (Lipinski definition) is 0. The van der Waals surface area contributed by atoms with E-state index in [2.05, 4.69) is 44.2 Å². The number of ether oxygens (including phenoxy) is 1. The molecule has 2 nitrogen and oxygen atoms in total. The van der Waals surface area contributed by atoms with E-state index in [4.69, 9.17) is 4.74 Å². The van der Waals surface area contributed by atoms with Crippen LogP contribution in [0.25, 0.3) is 11.1 Å². The number of hydrogen-bond acceptors (Lipinski definition) is 2. The van der Waals surface area contributed by atoms with Crippen molar-refractivity contribution in [1.29, 1.82) is 0 Å². The Hall–Kier alpha value is -1.93. The van der Waals surface area contributed by atoms with E-state index >= 15 is 0 Å². The molecule has 0 spiro atoms. The third kappa shape index (κ3) is 4.72. The van der Waals surface area contributed by atoms with Gasteiger partial charge in [-0.2, -0.15) is 0 Å². The highest BCUT2D eigenvalue weighted by molar-refractivity contribution is 6.01. The molecule has 0 fully saturated rings. The van der Waals surface area contributed by atoms with Crippen LogP contribution in [0.5, 0.6) is 0 Å². The molecular weight excluding hydrogens is 344 g/mol. The van der Waals surface area contributed by atoms with Crippen molar-refractivity contribution in [3.05, 3.63) is 59.2 Å². The number of ketones is 1. The number of carbonyl (C=O) groups excluding carboxylic acids is 1. The van der Waals surface area contributed by atoms with Gasteiger partial charge in [0.15, 0.2) is 5.78 Å². The Balaban J connectivity index is 1.77. The van der Waals surface area contributed by atoms with Crippen LogP contribution in [0.1, 0.15) is 92.6 Å². The molecule has 3 rings (SSSR count). The van der Waals surface area contributed by atoms with E-state index in [0.717, 1.165) is 31.4 Å². The molecule has 0 bridgehead atoms. The van der Waals surface area contributed by atoms with Crippen LogP contribution in [-0.2, 0) is 4.74 Å². The maximum absolute atomic E-state index is 13.1. The summed E-state index contributed by atoms with van der Waals surface area (Å²) in [6, 6.07) is 14.8. The Labute approximate surface area is 170 Å². The second-order valence-corrected chi connectivity index (χ2v) is 7.92. The average molecular weight is 379 g/mol. The Morgan fingerprint density at radius 3 is 2.43 bits per heavy atom. The lowest BCUT2D eigenvalue weighted by Crippen LogP contribution is -2.12. The second kappa shape index (κ2) is 10.6. The Bertz CT molecular complexity index is 778. The van der Waals surface area contributed by atoms with Gasteiger partial charge in [0.2, 0.25) is 0 Å².